The van der Waals surface area contributed by atoms with E-state index >= 15 is 0 Å². The van der Waals surface area contributed by atoms with Gasteiger partial charge in [0.2, 0.25) is 0 Å². The summed E-state index contributed by atoms with van der Waals surface area (Å²) in [5.41, 5.74) is 2.54. The molecule has 0 atom stereocenters. The lowest BCUT2D eigenvalue weighted by Crippen LogP contribution is -2.39. The first kappa shape index (κ1) is 16.6. The SMILES string of the molecule is COC1CCN(c2cccc(Cl)c2CNC(C)(C)C)CC1. The monoisotopic (exact) mass is 310 g/mol. The van der Waals surface area contributed by atoms with Crippen LogP contribution in [-0.2, 0) is 11.3 Å². The highest BCUT2D eigenvalue weighted by molar-refractivity contribution is 6.31. The minimum Gasteiger partial charge on any atom is -0.381 e. The summed E-state index contributed by atoms with van der Waals surface area (Å²) in [4.78, 5) is 2.43. The van der Waals surface area contributed by atoms with Gasteiger partial charge >= 0.3 is 0 Å². The number of hydrogen-bond donors (Lipinski definition) is 1. The Morgan fingerprint density at radius 3 is 2.52 bits per heavy atom. The van der Waals surface area contributed by atoms with Gasteiger partial charge in [-0.05, 0) is 45.7 Å². The maximum Gasteiger partial charge on any atom is 0.0605 e. The second-order valence-corrected chi connectivity index (χ2v) is 7.17. The molecule has 2 rings (SSSR count). The smallest absolute Gasteiger partial charge is 0.0605 e. The topological polar surface area (TPSA) is 24.5 Å². The van der Waals surface area contributed by atoms with Crippen LogP contribution < -0.4 is 10.2 Å². The summed E-state index contributed by atoms with van der Waals surface area (Å²) in [6.07, 6.45) is 2.56. The predicted octanol–water partition coefficient (Wildman–Crippen LogP) is 3.84. The minimum atomic E-state index is 0.0828. The lowest BCUT2D eigenvalue weighted by Gasteiger charge is -2.35. The average molecular weight is 311 g/mol. The van der Waals surface area contributed by atoms with Crippen molar-refractivity contribution in [3.05, 3.63) is 28.8 Å². The molecular formula is C17H27ClN2O. The molecule has 0 radical (unpaired) electrons. The summed E-state index contributed by atoms with van der Waals surface area (Å²) < 4.78 is 5.46. The van der Waals surface area contributed by atoms with Crippen molar-refractivity contribution in [2.75, 3.05) is 25.1 Å². The van der Waals surface area contributed by atoms with E-state index in [0.29, 0.717) is 6.10 Å². The Hall–Kier alpha value is -0.770. The molecule has 0 aromatic heterocycles. The van der Waals surface area contributed by atoms with Gasteiger partial charge in [0.25, 0.3) is 0 Å². The van der Waals surface area contributed by atoms with Crippen molar-refractivity contribution in [3.63, 3.8) is 0 Å². The highest BCUT2D eigenvalue weighted by Gasteiger charge is 2.22. The molecule has 1 aromatic carbocycles. The van der Waals surface area contributed by atoms with Gasteiger partial charge in [-0.1, -0.05) is 17.7 Å². The molecule has 0 aliphatic carbocycles. The zero-order valence-electron chi connectivity index (χ0n) is 13.6. The normalized spacial score (nSPS) is 17.3. The number of halogens is 1. The second-order valence-electron chi connectivity index (χ2n) is 6.76. The molecule has 1 aromatic rings. The molecule has 0 amide bonds. The van der Waals surface area contributed by atoms with Crippen LogP contribution in [0.3, 0.4) is 0 Å². The second kappa shape index (κ2) is 6.99. The number of methoxy groups -OCH3 is 1. The zero-order chi connectivity index (χ0) is 15.5. The molecule has 1 aliphatic rings. The van der Waals surface area contributed by atoms with Crippen LogP contribution in [0.15, 0.2) is 18.2 Å². The van der Waals surface area contributed by atoms with Crippen molar-refractivity contribution >= 4 is 17.3 Å². The number of nitrogens with zero attached hydrogens (tertiary/aromatic N) is 1. The number of anilines is 1. The van der Waals surface area contributed by atoms with Crippen molar-refractivity contribution in [3.8, 4) is 0 Å². The summed E-state index contributed by atoms with van der Waals surface area (Å²) in [7, 11) is 1.80. The van der Waals surface area contributed by atoms with Crippen LogP contribution in [0.25, 0.3) is 0 Å². The number of benzene rings is 1. The number of rotatable bonds is 4. The highest BCUT2D eigenvalue weighted by atomic mass is 35.5. The van der Waals surface area contributed by atoms with Crippen molar-refractivity contribution in [2.24, 2.45) is 0 Å². The van der Waals surface area contributed by atoms with Crippen molar-refractivity contribution < 1.29 is 4.74 Å². The first-order chi connectivity index (χ1) is 9.90. The van der Waals surface area contributed by atoms with E-state index in [2.05, 4.69) is 37.1 Å². The number of ether oxygens (including phenoxy) is 1. The molecule has 4 heteroatoms. The van der Waals surface area contributed by atoms with Crippen LogP contribution in [-0.4, -0.2) is 31.8 Å². The van der Waals surface area contributed by atoms with E-state index in [4.69, 9.17) is 16.3 Å². The molecule has 0 spiro atoms. The Kier molecular flexibility index (Phi) is 5.53. The third kappa shape index (κ3) is 4.60. The number of piperidine rings is 1. The fourth-order valence-electron chi connectivity index (χ4n) is 2.70. The summed E-state index contributed by atoms with van der Waals surface area (Å²) >= 11 is 6.44. The van der Waals surface area contributed by atoms with Gasteiger partial charge < -0.3 is 15.0 Å². The van der Waals surface area contributed by atoms with E-state index in [1.807, 2.05) is 12.1 Å². The summed E-state index contributed by atoms with van der Waals surface area (Å²) in [5.74, 6) is 0. The molecule has 1 aliphatic heterocycles. The van der Waals surface area contributed by atoms with E-state index < -0.39 is 0 Å². The molecule has 3 nitrogen and oxygen atoms in total. The van der Waals surface area contributed by atoms with Gasteiger partial charge in [-0.15, -0.1) is 0 Å². The maximum absolute atomic E-state index is 6.44. The molecule has 1 heterocycles. The maximum atomic E-state index is 6.44. The van der Waals surface area contributed by atoms with Crippen LogP contribution in [0.5, 0.6) is 0 Å². The van der Waals surface area contributed by atoms with Gasteiger partial charge in [0.05, 0.1) is 6.10 Å². The van der Waals surface area contributed by atoms with E-state index in [9.17, 15) is 0 Å². The molecule has 1 saturated heterocycles. The van der Waals surface area contributed by atoms with Gasteiger partial charge in [-0.2, -0.15) is 0 Å². The summed E-state index contributed by atoms with van der Waals surface area (Å²) in [5, 5.41) is 4.39. The quantitative estimate of drug-likeness (QED) is 0.914. The third-order valence-electron chi connectivity index (χ3n) is 4.01. The van der Waals surface area contributed by atoms with Gasteiger partial charge in [-0.25, -0.2) is 0 Å². The van der Waals surface area contributed by atoms with Crippen molar-refractivity contribution in [1.82, 2.24) is 5.32 Å². The van der Waals surface area contributed by atoms with Gasteiger partial charge in [-0.3, -0.25) is 0 Å². The van der Waals surface area contributed by atoms with Crippen LogP contribution in [0.4, 0.5) is 5.69 Å². The Bertz CT molecular complexity index is 462. The fraction of sp³-hybridized carbons (Fsp3) is 0.647. The molecule has 21 heavy (non-hydrogen) atoms. The van der Waals surface area contributed by atoms with E-state index in [1.165, 1.54) is 11.3 Å². The molecule has 118 valence electrons. The summed E-state index contributed by atoms with van der Waals surface area (Å²) in [6, 6.07) is 6.20. The molecule has 1 N–H and O–H groups in total. The van der Waals surface area contributed by atoms with Crippen molar-refractivity contribution in [2.45, 2.75) is 51.8 Å². The average Bonchev–Trinajstić information content (AvgIpc) is 2.45. The molecular weight excluding hydrogens is 284 g/mol. The Morgan fingerprint density at radius 1 is 1.29 bits per heavy atom. The standard InChI is InChI=1S/C17H27ClN2O/c1-17(2,3)19-12-14-15(18)6-5-7-16(14)20-10-8-13(21-4)9-11-20/h5-7,13,19H,8-12H2,1-4H3. The highest BCUT2D eigenvalue weighted by Crippen LogP contribution is 2.30. The van der Waals surface area contributed by atoms with Gasteiger partial charge in [0.1, 0.15) is 0 Å². The van der Waals surface area contributed by atoms with Crippen LogP contribution >= 0.6 is 11.6 Å². The van der Waals surface area contributed by atoms with Crippen LogP contribution in [0.2, 0.25) is 5.02 Å². The van der Waals surface area contributed by atoms with Gasteiger partial charge in [0, 0.05) is 48.6 Å². The molecule has 0 bridgehead atoms. The largest absolute Gasteiger partial charge is 0.381 e. The van der Waals surface area contributed by atoms with Crippen LogP contribution in [0.1, 0.15) is 39.2 Å². The number of hydrogen-bond acceptors (Lipinski definition) is 3. The predicted molar refractivity (Wildman–Crippen MR) is 90.3 cm³/mol. The molecule has 0 unspecified atom stereocenters. The lowest BCUT2D eigenvalue weighted by atomic mass is 10.0. The van der Waals surface area contributed by atoms with Gasteiger partial charge in [0.15, 0.2) is 0 Å². The minimum absolute atomic E-state index is 0.0828. The lowest BCUT2D eigenvalue weighted by molar-refractivity contribution is 0.0819. The Morgan fingerprint density at radius 2 is 1.95 bits per heavy atom. The zero-order valence-corrected chi connectivity index (χ0v) is 14.3. The Labute approximate surface area is 133 Å². The summed E-state index contributed by atoms with van der Waals surface area (Å²) in [6.45, 7) is 9.38. The molecule has 0 saturated carbocycles. The van der Waals surface area contributed by atoms with Crippen molar-refractivity contribution in [1.29, 1.82) is 0 Å². The van der Waals surface area contributed by atoms with E-state index in [0.717, 1.165) is 37.5 Å². The van der Waals surface area contributed by atoms with Crippen LogP contribution in [0, 0.1) is 0 Å². The van der Waals surface area contributed by atoms with E-state index in [-0.39, 0.29) is 5.54 Å². The van der Waals surface area contributed by atoms with E-state index in [1.54, 1.807) is 7.11 Å². The fourth-order valence-corrected chi connectivity index (χ4v) is 2.94. The molecule has 1 fully saturated rings. The first-order valence-corrected chi connectivity index (χ1v) is 8.08. The third-order valence-corrected chi connectivity index (χ3v) is 4.36. The Balaban J connectivity index is 2.14. The number of nitrogens with one attached hydrogen (secondary N) is 1. The first-order valence-electron chi connectivity index (χ1n) is 7.71.